The minimum absolute atomic E-state index is 0.00756. The van der Waals surface area contributed by atoms with Gasteiger partial charge in [-0.15, -0.1) is 5.11 Å². The zero-order valence-corrected chi connectivity index (χ0v) is 13.7. The molecule has 2 rings (SSSR count). The minimum Gasteiger partial charge on any atom is -0.506 e. The summed E-state index contributed by atoms with van der Waals surface area (Å²) < 4.78 is 1.39. The monoisotopic (exact) mass is 323 g/mol. The van der Waals surface area contributed by atoms with Crippen LogP contribution in [0.2, 0.25) is 0 Å². The topological polar surface area (TPSA) is 74.7 Å². The van der Waals surface area contributed by atoms with Crippen LogP contribution in [0.1, 0.15) is 13.8 Å². The maximum absolute atomic E-state index is 10.1. The van der Waals surface area contributed by atoms with Crippen molar-refractivity contribution in [2.24, 2.45) is 17.3 Å². The van der Waals surface area contributed by atoms with E-state index in [-0.39, 0.29) is 23.3 Å². The van der Waals surface area contributed by atoms with Gasteiger partial charge in [0.2, 0.25) is 0 Å². The van der Waals surface area contributed by atoms with E-state index in [1.165, 1.54) is 4.57 Å². The summed E-state index contributed by atoms with van der Waals surface area (Å²) in [5.74, 6) is 0.245. The number of nitrogens with zero attached hydrogens (tertiary/aromatic N) is 7. The van der Waals surface area contributed by atoms with Crippen molar-refractivity contribution in [1.82, 2.24) is 9.55 Å². The Bertz CT molecular complexity index is 851. The van der Waals surface area contributed by atoms with Gasteiger partial charge in [0.15, 0.2) is 0 Å². The van der Waals surface area contributed by atoms with E-state index in [0.717, 1.165) is 18.8 Å². The van der Waals surface area contributed by atoms with Gasteiger partial charge >= 0.3 is 5.95 Å². The Balaban J connectivity index is 2.32. The van der Waals surface area contributed by atoms with Gasteiger partial charge in [0, 0.05) is 24.8 Å². The van der Waals surface area contributed by atoms with Crippen LogP contribution in [0.15, 0.2) is 28.4 Å². The number of aromatic hydroxyl groups is 1. The molecule has 1 aromatic carbocycles. The van der Waals surface area contributed by atoms with Gasteiger partial charge in [0.05, 0.1) is 7.05 Å². The zero-order chi connectivity index (χ0) is 17.7. The summed E-state index contributed by atoms with van der Waals surface area (Å²) in [6.45, 7) is 19.8. The lowest BCUT2D eigenvalue weighted by atomic mass is 10.2. The molecule has 8 nitrogen and oxygen atoms in total. The van der Waals surface area contributed by atoms with Crippen LogP contribution in [0.5, 0.6) is 5.75 Å². The lowest BCUT2D eigenvalue weighted by Gasteiger charge is -2.21. The molecule has 0 saturated heterocycles. The van der Waals surface area contributed by atoms with Crippen molar-refractivity contribution in [3.8, 4) is 5.75 Å². The third-order valence-corrected chi connectivity index (χ3v) is 3.57. The smallest absolute Gasteiger partial charge is 0.416 e. The maximum atomic E-state index is 10.1. The lowest BCUT2D eigenvalue weighted by Crippen LogP contribution is -2.21. The first kappa shape index (κ1) is 17.0. The van der Waals surface area contributed by atoms with Crippen LogP contribution in [0.3, 0.4) is 0 Å². The molecule has 1 N–H and O–H groups in total. The molecule has 0 fully saturated rings. The Kier molecular flexibility index (Phi) is 5.13. The molecule has 24 heavy (non-hydrogen) atoms. The van der Waals surface area contributed by atoms with Crippen molar-refractivity contribution >= 4 is 29.0 Å². The number of aromatic nitrogens is 2. The summed E-state index contributed by atoms with van der Waals surface area (Å²) in [6, 6.07) is 5.16. The minimum atomic E-state index is -0.0115. The number of phenolic OH excluding ortho intramolecular Hbond substituents is 1. The molecule has 0 saturated carbocycles. The molecule has 8 heteroatoms. The number of rotatable bonds is 5. The molecule has 0 unspecified atom stereocenters. The average molecular weight is 323 g/mol. The fraction of sp³-hybridized carbons (Fsp3) is 0.312. The Morgan fingerprint density at radius 1 is 1.21 bits per heavy atom. The highest BCUT2D eigenvalue weighted by atomic mass is 16.3. The first-order chi connectivity index (χ1) is 11.5. The second-order valence-corrected chi connectivity index (χ2v) is 4.89. The van der Waals surface area contributed by atoms with E-state index in [0.29, 0.717) is 5.69 Å². The number of hydrogen-bond acceptors (Lipinski definition) is 5. The van der Waals surface area contributed by atoms with Gasteiger partial charge < -0.3 is 19.7 Å². The summed E-state index contributed by atoms with van der Waals surface area (Å²) in [4.78, 5) is 12.5. The van der Waals surface area contributed by atoms with Crippen LogP contribution in [0.4, 0.5) is 29.0 Å². The second-order valence-electron chi connectivity index (χ2n) is 4.89. The third-order valence-electron chi connectivity index (χ3n) is 3.57. The normalized spacial score (nSPS) is 10.5. The van der Waals surface area contributed by atoms with Gasteiger partial charge in [-0.05, 0) is 26.0 Å². The van der Waals surface area contributed by atoms with Gasteiger partial charge in [-0.25, -0.2) is 4.57 Å². The quantitative estimate of drug-likeness (QED) is 0.650. The summed E-state index contributed by atoms with van der Waals surface area (Å²) in [7, 11) is 1.59. The molecule has 0 amide bonds. The van der Waals surface area contributed by atoms with E-state index in [9.17, 15) is 5.11 Å². The van der Waals surface area contributed by atoms with E-state index in [1.54, 1.807) is 19.2 Å². The standard InChI is InChI=1S/C16H17N7O/c1-6-23(7-2)11-8-9-12(13(24)10-11)20-21-16-19-14(17-3)15(18-4)22(16)5/h8-10,24H,6-7H2,1-2,5H3. The van der Waals surface area contributed by atoms with E-state index in [1.807, 2.05) is 19.9 Å². The highest BCUT2D eigenvalue weighted by molar-refractivity contribution is 5.66. The maximum Gasteiger partial charge on any atom is 0.416 e. The number of hydrogen-bond donors (Lipinski definition) is 1. The molecular formula is C16H17N7O. The molecular weight excluding hydrogens is 306 g/mol. The van der Waals surface area contributed by atoms with Crippen LogP contribution in [0.25, 0.3) is 9.69 Å². The Labute approximate surface area is 140 Å². The Morgan fingerprint density at radius 2 is 1.92 bits per heavy atom. The van der Waals surface area contributed by atoms with Gasteiger partial charge in [-0.2, -0.15) is 0 Å². The third kappa shape index (κ3) is 3.18. The first-order valence-electron chi connectivity index (χ1n) is 7.37. The molecule has 0 spiro atoms. The number of anilines is 1. The summed E-state index contributed by atoms with van der Waals surface area (Å²) >= 11 is 0. The average Bonchev–Trinajstić information content (AvgIpc) is 2.90. The SMILES string of the molecule is [C-]#[N+]c1nc(N=Nc2ccc(N(CC)CC)cc2O)n(C)c1[N+]#[C-]. The van der Waals surface area contributed by atoms with Gasteiger partial charge in [-0.1, -0.05) is 23.2 Å². The van der Waals surface area contributed by atoms with Crippen molar-refractivity contribution in [2.45, 2.75) is 13.8 Å². The van der Waals surface area contributed by atoms with Gasteiger partial charge in [-0.3, -0.25) is 0 Å². The fourth-order valence-corrected chi connectivity index (χ4v) is 2.23. The summed E-state index contributed by atoms with van der Waals surface area (Å²) in [6.07, 6.45) is 0. The van der Waals surface area contributed by atoms with Crippen LogP contribution < -0.4 is 4.90 Å². The van der Waals surface area contributed by atoms with Gasteiger partial charge in [0.25, 0.3) is 11.6 Å². The van der Waals surface area contributed by atoms with E-state index in [2.05, 4.69) is 29.8 Å². The number of azo groups is 1. The van der Waals surface area contributed by atoms with Crippen molar-refractivity contribution in [1.29, 1.82) is 0 Å². The molecule has 0 radical (unpaired) electrons. The van der Waals surface area contributed by atoms with Crippen LogP contribution in [-0.4, -0.2) is 27.7 Å². The van der Waals surface area contributed by atoms with Crippen LogP contribution in [-0.2, 0) is 7.05 Å². The highest BCUT2D eigenvalue weighted by Gasteiger charge is 2.19. The van der Waals surface area contributed by atoms with E-state index in [4.69, 9.17) is 13.1 Å². The Morgan fingerprint density at radius 3 is 2.42 bits per heavy atom. The molecule has 2 aromatic rings. The molecule has 0 bridgehead atoms. The lowest BCUT2D eigenvalue weighted by molar-refractivity contribution is 0.476. The number of benzene rings is 1. The van der Waals surface area contributed by atoms with E-state index >= 15 is 0 Å². The fourth-order valence-electron chi connectivity index (χ4n) is 2.23. The predicted octanol–water partition coefficient (Wildman–Crippen LogP) is 4.49. The molecule has 0 aliphatic rings. The largest absolute Gasteiger partial charge is 0.506 e. The zero-order valence-electron chi connectivity index (χ0n) is 13.7. The number of imidazole rings is 1. The summed E-state index contributed by atoms with van der Waals surface area (Å²) in [5, 5.41) is 18.1. The molecule has 0 aliphatic heterocycles. The molecule has 0 aliphatic carbocycles. The summed E-state index contributed by atoms with van der Waals surface area (Å²) in [5.41, 5.74) is 1.20. The predicted molar refractivity (Wildman–Crippen MR) is 91.6 cm³/mol. The highest BCUT2D eigenvalue weighted by Crippen LogP contribution is 2.35. The van der Waals surface area contributed by atoms with Crippen molar-refractivity contribution in [3.63, 3.8) is 0 Å². The second kappa shape index (κ2) is 7.25. The van der Waals surface area contributed by atoms with Crippen LogP contribution >= 0.6 is 0 Å². The molecule has 1 aromatic heterocycles. The molecule has 122 valence electrons. The van der Waals surface area contributed by atoms with Crippen LogP contribution in [0, 0.1) is 13.1 Å². The first-order valence-corrected chi connectivity index (χ1v) is 7.37. The van der Waals surface area contributed by atoms with Crippen molar-refractivity contribution < 1.29 is 5.11 Å². The Hall–Kier alpha value is -3.39. The number of phenols is 1. The molecule has 0 atom stereocenters. The van der Waals surface area contributed by atoms with Gasteiger partial charge in [0.1, 0.15) is 11.4 Å². The molecule has 1 heterocycles. The van der Waals surface area contributed by atoms with Crippen molar-refractivity contribution in [2.75, 3.05) is 18.0 Å². The van der Waals surface area contributed by atoms with E-state index < -0.39 is 0 Å². The van der Waals surface area contributed by atoms with Crippen molar-refractivity contribution in [3.05, 3.63) is 41.0 Å².